The number of rotatable bonds is 8. The number of pyridine rings is 1. The van der Waals surface area contributed by atoms with Crippen LogP contribution in [0.1, 0.15) is 43.5 Å². The number of fused-ring (bicyclic) bond motifs is 1. The molecule has 4 rings (SSSR count). The van der Waals surface area contributed by atoms with Crippen molar-refractivity contribution in [1.29, 1.82) is 0 Å². The van der Waals surface area contributed by atoms with Crippen molar-refractivity contribution >= 4 is 23.2 Å². The third-order valence-corrected chi connectivity index (χ3v) is 6.00. The van der Waals surface area contributed by atoms with Crippen molar-refractivity contribution < 1.29 is 14.3 Å². The zero-order valence-electron chi connectivity index (χ0n) is 18.4. The molecule has 1 aliphatic carbocycles. The van der Waals surface area contributed by atoms with Gasteiger partial charge in [-0.05, 0) is 61.9 Å². The molecule has 1 aromatic carbocycles. The van der Waals surface area contributed by atoms with E-state index in [9.17, 15) is 9.59 Å². The van der Waals surface area contributed by atoms with Crippen LogP contribution in [-0.2, 0) is 34.0 Å². The van der Waals surface area contributed by atoms with Gasteiger partial charge in [0.15, 0.2) is 0 Å². The maximum atomic E-state index is 13.1. The average Bonchev–Trinajstić information content (AvgIpc) is 3.57. The molecule has 7 nitrogen and oxygen atoms in total. The van der Waals surface area contributed by atoms with Crippen molar-refractivity contribution in [2.45, 2.75) is 46.4 Å². The summed E-state index contributed by atoms with van der Waals surface area (Å²) in [6.45, 7) is 5.84. The number of ether oxygens (including phenoxy) is 1. The number of anilines is 2. The molecule has 2 heterocycles. The maximum Gasteiger partial charge on any atom is 0.242 e. The van der Waals surface area contributed by atoms with Gasteiger partial charge in [-0.1, -0.05) is 12.1 Å². The molecule has 0 unspecified atom stereocenters. The van der Waals surface area contributed by atoms with E-state index >= 15 is 0 Å². The monoisotopic (exact) mass is 422 g/mol. The summed E-state index contributed by atoms with van der Waals surface area (Å²) in [5.41, 5.74) is 3.44. The van der Waals surface area contributed by atoms with Crippen LogP contribution in [-0.4, -0.2) is 30.5 Å². The molecule has 0 atom stereocenters. The Morgan fingerprint density at radius 1 is 1.23 bits per heavy atom. The molecule has 164 valence electrons. The highest BCUT2D eigenvalue weighted by atomic mass is 16.5. The van der Waals surface area contributed by atoms with Crippen LogP contribution in [0.25, 0.3) is 0 Å². The number of carbonyl (C=O) groups is 2. The molecule has 1 saturated carbocycles. The SMILES string of the molecule is COCc1ncccc1CNCc1ccc2c(c1)NC(=O)C(C)(C)C(=O)N2CC1CC1. The standard InChI is InChI=1S/C24H30N4O3/c1-24(2)22(29)27-19-11-17(8-9-21(19)28(23(24)30)14-16-6-7-16)12-25-13-18-5-4-10-26-20(18)15-31-3/h4-5,8-11,16,25H,6-7,12-15H2,1-3H3,(H,27,29). The number of hydrogen-bond donors (Lipinski definition) is 2. The fourth-order valence-corrected chi connectivity index (χ4v) is 3.83. The van der Waals surface area contributed by atoms with Gasteiger partial charge in [-0.25, -0.2) is 0 Å². The van der Waals surface area contributed by atoms with Gasteiger partial charge in [0.05, 0.1) is 23.7 Å². The van der Waals surface area contributed by atoms with Crippen molar-refractivity contribution in [1.82, 2.24) is 10.3 Å². The third-order valence-electron chi connectivity index (χ3n) is 6.00. The molecule has 31 heavy (non-hydrogen) atoms. The molecular formula is C24H30N4O3. The molecule has 1 fully saturated rings. The molecule has 1 aromatic heterocycles. The number of nitrogens with zero attached hydrogens (tertiary/aromatic N) is 2. The first-order valence-corrected chi connectivity index (χ1v) is 10.8. The number of aromatic nitrogens is 1. The van der Waals surface area contributed by atoms with Crippen LogP contribution in [0.2, 0.25) is 0 Å². The largest absolute Gasteiger partial charge is 0.378 e. The Bertz CT molecular complexity index is 985. The third kappa shape index (κ3) is 4.62. The number of hydrogen-bond acceptors (Lipinski definition) is 5. The molecule has 0 saturated heterocycles. The fraction of sp³-hybridized carbons (Fsp3) is 0.458. The molecule has 2 aliphatic rings. The van der Waals surface area contributed by atoms with Crippen LogP contribution in [0.15, 0.2) is 36.5 Å². The van der Waals surface area contributed by atoms with Crippen molar-refractivity contribution in [3.8, 4) is 0 Å². The minimum atomic E-state index is -1.09. The molecule has 2 N–H and O–H groups in total. The first kappa shape index (κ1) is 21.5. The van der Waals surface area contributed by atoms with E-state index in [1.807, 2.05) is 30.3 Å². The first-order chi connectivity index (χ1) is 14.9. The van der Waals surface area contributed by atoms with Crippen LogP contribution in [0.5, 0.6) is 0 Å². The average molecular weight is 423 g/mol. The zero-order valence-corrected chi connectivity index (χ0v) is 18.4. The van der Waals surface area contributed by atoms with E-state index in [-0.39, 0.29) is 11.8 Å². The highest BCUT2D eigenvalue weighted by molar-refractivity contribution is 6.19. The van der Waals surface area contributed by atoms with E-state index in [0.717, 1.165) is 35.3 Å². The van der Waals surface area contributed by atoms with Crippen LogP contribution < -0.4 is 15.5 Å². The van der Waals surface area contributed by atoms with E-state index in [4.69, 9.17) is 4.74 Å². The molecule has 0 spiro atoms. The number of methoxy groups -OCH3 is 1. The van der Waals surface area contributed by atoms with E-state index in [1.165, 1.54) is 0 Å². The molecule has 7 heteroatoms. The Kier molecular flexibility index (Phi) is 6.07. The Hall–Kier alpha value is -2.77. The minimum absolute atomic E-state index is 0.135. The molecule has 0 bridgehead atoms. The van der Waals surface area contributed by atoms with Gasteiger partial charge in [0.25, 0.3) is 0 Å². The second-order valence-electron chi connectivity index (χ2n) is 8.94. The second-order valence-corrected chi connectivity index (χ2v) is 8.94. The maximum absolute atomic E-state index is 13.1. The number of benzene rings is 1. The van der Waals surface area contributed by atoms with Crippen LogP contribution >= 0.6 is 0 Å². The summed E-state index contributed by atoms with van der Waals surface area (Å²) >= 11 is 0. The van der Waals surface area contributed by atoms with Gasteiger partial charge in [-0.3, -0.25) is 14.6 Å². The number of nitrogens with one attached hydrogen (secondary N) is 2. The molecule has 1 aliphatic heterocycles. The highest BCUT2D eigenvalue weighted by Crippen LogP contribution is 2.39. The summed E-state index contributed by atoms with van der Waals surface area (Å²) in [5.74, 6) is 0.133. The summed E-state index contributed by atoms with van der Waals surface area (Å²) in [6, 6.07) is 9.89. The van der Waals surface area contributed by atoms with Gasteiger partial charge in [0.1, 0.15) is 5.41 Å². The van der Waals surface area contributed by atoms with Crippen molar-refractivity contribution in [3.05, 3.63) is 53.3 Å². The van der Waals surface area contributed by atoms with Crippen LogP contribution in [0.4, 0.5) is 11.4 Å². The van der Waals surface area contributed by atoms with Crippen molar-refractivity contribution in [3.63, 3.8) is 0 Å². The molecule has 0 radical (unpaired) electrons. The lowest BCUT2D eigenvalue weighted by atomic mass is 9.90. The van der Waals surface area contributed by atoms with Gasteiger partial charge in [-0.2, -0.15) is 0 Å². The van der Waals surface area contributed by atoms with E-state index in [1.54, 1.807) is 32.1 Å². The smallest absolute Gasteiger partial charge is 0.242 e. The van der Waals surface area contributed by atoms with E-state index in [2.05, 4.69) is 15.6 Å². The van der Waals surface area contributed by atoms with Gasteiger partial charge < -0.3 is 20.3 Å². The summed E-state index contributed by atoms with van der Waals surface area (Å²) in [7, 11) is 1.66. The zero-order chi connectivity index (χ0) is 22.0. The lowest BCUT2D eigenvalue weighted by Crippen LogP contribution is -2.45. The summed E-state index contributed by atoms with van der Waals surface area (Å²) < 4.78 is 5.22. The topological polar surface area (TPSA) is 83.6 Å². The van der Waals surface area contributed by atoms with Crippen molar-refractivity contribution in [2.75, 3.05) is 23.9 Å². The summed E-state index contributed by atoms with van der Waals surface area (Å²) in [6.07, 6.45) is 4.05. The normalized spacial score (nSPS) is 17.8. The summed E-state index contributed by atoms with van der Waals surface area (Å²) in [5, 5.41) is 6.43. The Morgan fingerprint density at radius 2 is 2.03 bits per heavy atom. The van der Waals surface area contributed by atoms with Gasteiger partial charge >= 0.3 is 0 Å². The van der Waals surface area contributed by atoms with E-state index in [0.29, 0.717) is 37.8 Å². The lowest BCUT2D eigenvalue weighted by Gasteiger charge is -2.28. The Balaban J connectivity index is 1.51. The predicted octanol–water partition coefficient (Wildman–Crippen LogP) is 3.24. The fourth-order valence-electron chi connectivity index (χ4n) is 3.83. The molecular weight excluding hydrogens is 392 g/mol. The molecule has 2 amide bonds. The van der Waals surface area contributed by atoms with E-state index < -0.39 is 5.41 Å². The van der Waals surface area contributed by atoms with Gasteiger partial charge in [0, 0.05) is 32.9 Å². The quantitative estimate of drug-likeness (QED) is 0.638. The van der Waals surface area contributed by atoms with Crippen LogP contribution in [0, 0.1) is 11.3 Å². The van der Waals surface area contributed by atoms with Gasteiger partial charge in [-0.15, -0.1) is 0 Å². The molecule has 2 aromatic rings. The van der Waals surface area contributed by atoms with Gasteiger partial charge in [0.2, 0.25) is 11.8 Å². The van der Waals surface area contributed by atoms with Crippen LogP contribution in [0.3, 0.4) is 0 Å². The highest BCUT2D eigenvalue weighted by Gasteiger charge is 2.44. The number of amides is 2. The summed E-state index contributed by atoms with van der Waals surface area (Å²) in [4.78, 5) is 32.1. The predicted molar refractivity (Wildman–Crippen MR) is 119 cm³/mol. The minimum Gasteiger partial charge on any atom is -0.378 e. The Labute approximate surface area is 183 Å². The Morgan fingerprint density at radius 3 is 2.77 bits per heavy atom. The number of carbonyl (C=O) groups excluding carboxylic acids is 2. The first-order valence-electron chi connectivity index (χ1n) is 10.8. The van der Waals surface area contributed by atoms with Crippen molar-refractivity contribution in [2.24, 2.45) is 11.3 Å². The lowest BCUT2D eigenvalue weighted by molar-refractivity contribution is -0.136. The second kappa shape index (κ2) is 8.77.